The number of aliphatic carboxylic acids is 1. The van der Waals surface area contributed by atoms with Crippen LogP contribution in [-0.4, -0.2) is 35.0 Å². The zero-order valence-electron chi connectivity index (χ0n) is 10.9. The third kappa shape index (κ3) is 4.13. The van der Waals surface area contributed by atoms with Gasteiger partial charge in [0.1, 0.15) is 0 Å². The van der Waals surface area contributed by atoms with Crippen LogP contribution in [0, 0.1) is 5.92 Å². The van der Waals surface area contributed by atoms with Gasteiger partial charge in [0.2, 0.25) is 0 Å². The lowest BCUT2D eigenvalue weighted by atomic mass is 10.1. The van der Waals surface area contributed by atoms with Gasteiger partial charge in [-0.2, -0.15) is 0 Å². The Balaban J connectivity index is 2.92. The molecule has 0 bridgehead atoms. The smallest absolute Gasteiger partial charge is 0.308 e. The fraction of sp³-hybridized carbons (Fsp3) is 0.385. The van der Waals surface area contributed by atoms with E-state index in [0.717, 1.165) is 0 Å². The summed E-state index contributed by atoms with van der Waals surface area (Å²) in [6.07, 6.45) is 0. The van der Waals surface area contributed by atoms with Gasteiger partial charge in [-0.1, -0.05) is 18.5 Å². The van der Waals surface area contributed by atoms with Crippen LogP contribution in [0.25, 0.3) is 0 Å². The Morgan fingerprint density at radius 3 is 2.53 bits per heavy atom. The fourth-order valence-corrected chi connectivity index (χ4v) is 1.93. The second-order valence-electron chi connectivity index (χ2n) is 4.36. The lowest BCUT2D eigenvalue weighted by Gasteiger charge is -2.23. The number of halogens is 1. The molecule has 0 saturated carbocycles. The van der Waals surface area contributed by atoms with Gasteiger partial charge in [-0.25, -0.2) is 0 Å². The van der Waals surface area contributed by atoms with Crippen LogP contribution in [0.2, 0.25) is 5.02 Å². The molecule has 1 atom stereocenters. The van der Waals surface area contributed by atoms with Gasteiger partial charge in [-0.3, -0.25) is 9.59 Å². The normalized spacial score (nSPS) is 11.9. The SMILES string of the molecule is CCN(CC(C)C(=O)O)C(=O)c1cc(N)cc(Cl)c1. The summed E-state index contributed by atoms with van der Waals surface area (Å²) >= 11 is 5.85. The van der Waals surface area contributed by atoms with Crippen LogP contribution >= 0.6 is 11.6 Å². The van der Waals surface area contributed by atoms with Gasteiger partial charge in [0.05, 0.1) is 5.92 Å². The van der Waals surface area contributed by atoms with Gasteiger partial charge in [0, 0.05) is 29.4 Å². The second kappa shape index (κ2) is 6.43. The number of carbonyl (C=O) groups excluding carboxylic acids is 1. The highest BCUT2D eigenvalue weighted by Crippen LogP contribution is 2.18. The van der Waals surface area contributed by atoms with E-state index in [2.05, 4.69) is 0 Å². The molecule has 1 unspecified atom stereocenters. The summed E-state index contributed by atoms with van der Waals surface area (Å²) in [6, 6.07) is 4.60. The largest absolute Gasteiger partial charge is 0.481 e. The maximum atomic E-state index is 12.3. The highest BCUT2D eigenvalue weighted by Gasteiger charge is 2.20. The number of rotatable bonds is 5. The van der Waals surface area contributed by atoms with Gasteiger partial charge in [-0.05, 0) is 25.1 Å². The first-order chi connectivity index (χ1) is 8.85. The van der Waals surface area contributed by atoms with Gasteiger partial charge < -0.3 is 15.7 Å². The summed E-state index contributed by atoms with van der Waals surface area (Å²) in [5.74, 6) is -1.83. The van der Waals surface area contributed by atoms with Crippen molar-refractivity contribution >= 4 is 29.2 Å². The van der Waals surface area contributed by atoms with Crippen LogP contribution in [0.5, 0.6) is 0 Å². The molecule has 104 valence electrons. The van der Waals surface area contributed by atoms with Crippen molar-refractivity contribution in [3.63, 3.8) is 0 Å². The Kier molecular flexibility index (Phi) is 5.18. The molecule has 1 rings (SSSR count). The van der Waals surface area contributed by atoms with E-state index < -0.39 is 11.9 Å². The monoisotopic (exact) mass is 284 g/mol. The van der Waals surface area contributed by atoms with Gasteiger partial charge >= 0.3 is 5.97 Å². The van der Waals surface area contributed by atoms with Gasteiger partial charge in [-0.15, -0.1) is 0 Å². The van der Waals surface area contributed by atoms with Gasteiger partial charge in [0.25, 0.3) is 5.91 Å². The Labute approximate surface area is 117 Å². The van der Waals surface area contributed by atoms with Crippen molar-refractivity contribution in [3.05, 3.63) is 28.8 Å². The molecule has 1 aromatic rings. The number of carboxylic acid groups (broad SMARTS) is 1. The van der Waals surface area contributed by atoms with E-state index in [1.54, 1.807) is 19.9 Å². The molecular formula is C13H17ClN2O3. The molecule has 0 aliphatic rings. The van der Waals surface area contributed by atoms with Crippen molar-refractivity contribution in [2.45, 2.75) is 13.8 Å². The first-order valence-corrected chi connectivity index (χ1v) is 6.31. The molecule has 0 saturated heterocycles. The number of nitrogens with zero attached hydrogens (tertiary/aromatic N) is 1. The van der Waals surface area contributed by atoms with Crippen LogP contribution in [0.15, 0.2) is 18.2 Å². The number of carbonyl (C=O) groups is 2. The number of hydrogen-bond donors (Lipinski definition) is 2. The lowest BCUT2D eigenvalue weighted by Crippen LogP contribution is -2.36. The highest BCUT2D eigenvalue weighted by molar-refractivity contribution is 6.31. The van der Waals surface area contributed by atoms with Crippen LogP contribution in [0.4, 0.5) is 5.69 Å². The maximum absolute atomic E-state index is 12.3. The summed E-state index contributed by atoms with van der Waals surface area (Å²) in [5.41, 5.74) is 6.41. The molecule has 0 fully saturated rings. The standard InChI is InChI=1S/C13H17ClN2O3/c1-3-16(7-8(2)13(18)19)12(17)9-4-10(14)6-11(15)5-9/h4-6,8H,3,7,15H2,1-2H3,(H,18,19). The third-order valence-corrected chi connectivity index (χ3v) is 2.97. The fourth-order valence-electron chi connectivity index (χ4n) is 1.68. The Bertz CT molecular complexity index is 471. The predicted octanol–water partition coefficient (Wildman–Crippen LogP) is 2.10. The minimum Gasteiger partial charge on any atom is -0.481 e. The van der Waals surface area contributed by atoms with E-state index in [9.17, 15) is 9.59 Å². The Morgan fingerprint density at radius 1 is 1.42 bits per heavy atom. The number of nitrogens with two attached hydrogens (primary N) is 1. The van der Waals surface area contributed by atoms with Crippen LogP contribution in [0.3, 0.4) is 0 Å². The quantitative estimate of drug-likeness (QED) is 0.811. The molecule has 3 N–H and O–H groups in total. The number of nitrogen functional groups attached to an aromatic ring is 1. The minimum atomic E-state index is -0.933. The van der Waals surface area contributed by atoms with Crippen molar-refractivity contribution in [1.82, 2.24) is 4.90 Å². The molecule has 6 heteroatoms. The van der Waals surface area contributed by atoms with Crippen molar-refractivity contribution in [1.29, 1.82) is 0 Å². The van der Waals surface area contributed by atoms with E-state index in [4.69, 9.17) is 22.4 Å². The Hall–Kier alpha value is -1.75. The first-order valence-electron chi connectivity index (χ1n) is 5.93. The number of benzene rings is 1. The molecule has 0 radical (unpaired) electrons. The molecule has 0 heterocycles. The van der Waals surface area contributed by atoms with Crippen LogP contribution in [0.1, 0.15) is 24.2 Å². The average Bonchev–Trinajstić information content (AvgIpc) is 2.33. The molecule has 0 spiro atoms. The lowest BCUT2D eigenvalue weighted by molar-refractivity contribution is -0.141. The van der Waals surface area contributed by atoms with E-state index >= 15 is 0 Å². The predicted molar refractivity (Wildman–Crippen MR) is 74.2 cm³/mol. The molecule has 0 aliphatic carbocycles. The second-order valence-corrected chi connectivity index (χ2v) is 4.79. The highest BCUT2D eigenvalue weighted by atomic mass is 35.5. The van der Waals surface area contributed by atoms with Crippen molar-refractivity contribution < 1.29 is 14.7 Å². The third-order valence-electron chi connectivity index (χ3n) is 2.75. The topological polar surface area (TPSA) is 83.6 Å². The van der Waals surface area contributed by atoms with Crippen molar-refractivity contribution in [3.8, 4) is 0 Å². The van der Waals surface area contributed by atoms with E-state index in [1.165, 1.54) is 17.0 Å². The summed E-state index contributed by atoms with van der Waals surface area (Å²) < 4.78 is 0. The molecular weight excluding hydrogens is 268 g/mol. The minimum absolute atomic E-state index is 0.150. The first kappa shape index (κ1) is 15.3. The molecule has 0 aliphatic heterocycles. The average molecular weight is 285 g/mol. The zero-order chi connectivity index (χ0) is 14.6. The molecule has 5 nitrogen and oxygen atoms in total. The zero-order valence-corrected chi connectivity index (χ0v) is 11.6. The van der Waals surface area contributed by atoms with Crippen LogP contribution < -0.4 is 5.73 Å². The van der Waals surface area contributed by atoms with Crippen molar-refractivity contribution in [2.24, 2.45) is 5.92 Å². The summed E-state index contributed by atoms with van der Waals surface area (Å²) in [6.45, 7) is 3.92. The van der Waals surface area contributed by atoms with E-state index in [-0.39, 0.29) is 12.5 Å². The Morgan fingerprint density at radius 2 is 2.05 bits per heavy atom. The summed E-state index contributed by atoms with van der Waals surface area (Å²) in [7, 11) is 0. The number of carboxylic acids is 1. The molecule has 19 heavy (non-hydrogen) atoms. The van der Waals surface area contributed by atoms with Gasteiger partial charge in [0.15, 0.2) is 0 Å². The number of amides is 1. The van der Waals surface area contributed by atoms with E-state index in [0.29, 0.717) is 22.8 Å². The summed E-state index contributed by atoms with van der Waals surface area (Å²) in [5, 5.41) is 9.27. The molecule has 1 aromatic carbocycles. The van der Waals surface area contributed by atoms with Crippen LogP contribution in [-0.2, 0) is 4.79 Å². The number of anilines is 1. The van der Waals surface area contributed by atoms with Crippen molar-refractivity contribution in [2.75, 3.05) is 18.8 Å². The number of hydrogen-bond acceptors (Lipinski definition) is 3. The molecule has 0 aromatic heterocycles. The maximum Gasteiger partial charge on any atom is 0.308 e. The molecule has 1 amide bonds. The summed E-state index contributed by atoms with van der Waals surface area (Å²) in [4.78, 5) is 24.6. The van der Waals surface area contributed by atoms with E-state index in [1.807, 2.05) is 0 Å².